The molecule has 0 saturated heterocycles. The van der Waals surface area contributed by atoms with Gasteiger partial charge in [-0.05, 0) is 48.9 Å². The molecule has 9 heteroatoms. The van der Waals surface area contributed by atoms with E-state index in [1.807, 2.05) is 6.92 Å². The van der Waals surface area contributed by atoms with Crippen LogP contribution in [-0.4, -0.2) is 30.8 Å². The molecular weight excluding hydrogens is 375 g/mol. The van der Waals surface area contributed by atoms with Crippen LogP contribution in [0.15, 0.2) is 54.9 Å². The number of nitrogens with zero attached hydrogens (tertiary/aromatic N) is 4. The summed E-state index contributed by atoms with van der Waals surface area (Å²) in [6.45, 7) is 1.83. The fraction of sp³-hybridized carbons (Fsp3) is 0.100. The molecule has 0 radical (unpaired) electrons. The summed E-state index contributed by atoms with van der Waals surface area (Å²) in [5.41, 5.74) is 9.29. The van der Waals surface area contributed by atoms with Crippen LogP contribution in [0.25, 0.3) is 16.7 Å². The average Bonchev–Trinajstić information content (AvgIpc) is 3.06. The number of nitrogens with two attached hydrogens (primary N) is 1. The number of anilines is 2. The largest absolute Gasteiger partial charge is 0.382 e. The Bertz CT molecular complexity index is 1210. The van der Waals surface area contributed by atoms with Crippen molar-refractivity contribution < 1.29 is 14.3 Å². The summed E-state index contributed by atoms with van der Waals surface area (Å²) < 4.78 is 14.9. The maximum atomic E-state index is 13.3. The van der Waals surface area contributed by atoms with E-state index in [4.69, 9.17) is 5.73 Å². The molecule has 2 aromatic heterocycles. The Morgan fingerprint density at radius 2 is 1.97 bits per heavy atom. The molecule has 29 heavy (non-hydrogen) atoms. The summed E-state index contributed by atoms with van der Waals surface area (Å²) in [5, 5.41) is 17.2. The summed E-state index contributed by atoms with van der Waals surface area (Å²) in [6.07, 6.45) is -0.0980. The summed E-state index contributed by atoms with van der Waals surface area (Å²) in [5.74, 6) is -0.878. The van der Waals surface area contributed by atoms with Crippen LogP contribution in [0.5, 0.6) is 0 Å². The number of benzene rings is 2. The molecule has 0 aliphatic carbocycles. The molecule has 2 heterocycles. The van der Waals surface area contributed by atoms with Crippen molar-refractivity contribution >= 4 is 28.4 Å². The quantitative estimate of drug-likeness (QED) is 0.491. The van der Waals surface area contributed by atoms with Crippen LogP contribution < -0.4 is 11.1 Å². The van der Waals surface area contributed by atoms with Crippen molar-refractivity contribution in [1.29, 1.82) is 0 Å². The molecule has 0 spiro atoms. The van der Waals surface area contributed by atoms with Gasteiger partial charge in [-0.2, -0.15) is 5.10 Å². The molecule has 0 unspecified atom stereocenters. The highest BCUT2D eigenvalue weighted by molar-refractivity contribution is 5.94. The molecule has 1 atom stereocenters. The van der Waals surface area contributed by atoms with Crippen molar-refractivity contribution in [1.82, 2.24) is 19.7 Å². The molecule has 0 bridgehead atoms. The van der Waals surface area contributed by atoms with Crippen molar-refractivity contribution in [2.24, 2.45) is 0 Å². The molecule has 0 aliphatic heterocycles. The van der Waals surface area contributed by atoms with Gasteiger partial charge < -0.3 is 16.2 Å². The van der Waals surface area contributed by atoms with Gasteiger partial charge in [0.1, 0.15) is 23.2 Å². The van der Waals surface area contributed by atoms with Gasteiger partial charge in [-0.1, -0.05) is 12.1 Å². The van der Waals surface area contributed by atoms with Crippen molar-refractivity contribution in [2.75, 3.05) is 11.1 Å². The first-order valence-corrected chi connectivity index (χ1v) is 8.74. The van der Waals surface area contributed by atoms with Gasteiger partial charge in [0, 0.05) is 5.69 Å². The third-order valence-corrected chi connectivity index (χ3v) is 4.45. The summed E-state index contributed by atoms with van der Waals surface area (Å²) in [7, 11) is 0. The highest BCUT2D eigenvalue weighted by atomic mass is 19.1. The molecule has 146 valence electrons. The van der Waals surface area contributed by atoms with Crippen LogP contribution in [-0.2, 0) is 4.79 Å². The highest BCUT2D eigenvalue weighted by Gasteiger charge is 2.18. The zero-order chi connectivity index (χ0) is 20.5. The number of aliphatic hydroxyl groups excluding tert-OH is 1. The van der Waals surface area contributed by atoms with E-state index in [1.54, 1.807) is 28.9 Å². The monoisotopic (exact) mass is 392 g/mol. The third-order valence-electron chi connectivity index (χ3n) is 4.45. The number of nitrogens with one attached hydrogen (secondary N) is 1. The number of carbonyl (C=O) groups is 1. The van der Waals surface area contributed by atoms with Gasteiger partial charge in [0.05, 0.1) is 11.4 Å². The summed E-state index contributed by atoms with van der Waals surface area (Å²) >= 11 is 0. The number of hydrogen-bond acceptors (Lipinski definition) is 6. The minimum atomic E-state index is -1.49. The van der Waals surface area contributed by atoms with E-state index in [2.05, 4.69) is 20.4 Å². The predicted molar refractivity (Wildman–Crippen MR) is 106 cm³/mol. The zero-order valence-electron chi connectivity index (χ0n) is 15.4. The average molecular weight is 392 g/mol. The number of halogens is 1. The highest BCUT2D eigenvalue weighted by Crippen LogP contribution is 2.24. The Balaban J connectivity index is 1.57. The Hall–Kier alpha value is -3.85. The lowest BCUT2D eigenvalue weighted by atomic mass is 10.1. The topological polar surface area (TPSA) is 119 Å². The van der Waals surface area contributed by atoms with E-state index in [-0.39, 0.29) is 5.56 Å². The molecule has 8 nitrogen and oxygen atoms in total. The smallest absolute Gasteiger partial charge is 0.257 e. The zero-order valence-corrected chi connectivity index (χ0v) is 15.4. The van der Waals surface area contributed by atoms with Gasteiger partial charge in [-0.3, -0.25) is 4.79 Å². The van der Waals surface area contributed by atoms with Crippen molar-refractivity contribution in [3.63, 3.8) is 0 Å². The Labute approximate surface area is 164 Å². The minimum absolute atomic E-state index is 0.174. The lowest BCUT2D eigenvalue weighted by molar-refractivity contribution is -0.124. The Kier molecular flexibility index (Phi) is 4.65. The minimum Gasteiger partial charge on any atom is -0.382 e. The van der Waals surface area contributed by atoms with Crippen LogP contribution in [0, 0.1) is 12.7 Å². The van der Waals surface area contributed by atoms with Crippen LogP contribution >= 0.6 is 0 Å². The maximum absolute atomic E-state index is 13.3. The normalized spacial score (nSPS) is 12.1. The molecule has 0 saturated carbocycles. The van der Waals surface area contributed by atoms with Crippen LogP contribution in [0.2, 0.25) is 0 Å². The SMILES string of the molecule is Cc1nn(-c2ccc(NC(=O)[C@H](O)c3cccc(F)c3)cc2)c2c(N)ncnc12. The maximum Gasteiger partial charge on any atom is 0.257 e. The molecule has 4 aromatic rings. The number of carbonyl (C=O) groups excluding carboxylic acids is 1. The first kappa shape index (κ1) is 18.5. The number of rotatable bonds is 4. The van der Waals surface area contributed by atoms with Crippen LogP contribution in [0.1, 0.15) is 17.4 Å². The van der Waals surface area contributed by atoms with E-state index in [9.17, 15) is 14.3 Å². The van der Waals surface area contributed by atoms with Crippen LogP contribution in [0.4, 0.5) is 15.9 Å². The molecule has 0 fully saturated rings. The van der Waals surface area contributed by atoms with E-state index < -0.39 is 17.8 Å². The van der Waals surface area contributed by atoms with Gasteiger partial charge in [0.15, 0.2) is 11.9 Å². The number of fused-ring (bicyclic) bond motifs is 1. The third kappa shape index (κ3) is 3.50. The lowest BCUT2D eigenvalue weighted by Crippen LogP contribution is -2.20. The van der Waals surface area contributed by atoms with Gasteiger partial charge in [0.25, 0.3) is 5.91 Å². The van der Waals surface area contributed by atoms with E-state index in [0.717, 1.165) is 6.07 Å². The van der Waals surface area contributed by atoms with Crippen molar-refractivity contribution in [3.05, 3.63) is 71.9 Å². The Morgan fingerprint density at radius 3 is 2.69 bits per heavy atom. The molecule has 2 aromatic carbocycles. The lowest BCUT2D eigenvalue weighted by Gasteiger charge is -2.12. The predicted octanol–water partition coefficient (Wildman–Crippen LogP) is 2.52. The number of aromatic nitrogens is 4. The number of amides is 1. The fourth-order valence-electron chi connectivity index (χ4n) is 3.02. The second kappa shape index (κ2) is 7.28. The standard InChI is InChI=1S/C20H17FN6O2/c1-11-16-17(19(22)24-10-23-16)27(26-11)15-7-5-14(6-8-15)25-20(29)18(28)12-3-2-4-13(21)9-12/h2-10,18,28H,1H3,(H,25,29)(H2,22,23,24)/t18-/m1/s1. The van der Waals surface area contributed by atoms with E-state index in [1.165, 1.54) is 24.5 Å². The molecule has 1 amide bonds. The summed E-state index contributed by atoms with van der Waals surface area (Å²) in [6, 6.07) is 12.1. The van der Waals surface area contributed by atoms with Gasteiger partial charge in [-0.15, -0.1) is 0 Å². The van der Waals surface area contributed by atoms with E-state index >= 15 is 0 Å². The first-order chi connectivity index (χ1) is 13.9. The van der Waals surface area contributed by atoms with Gasteiger partial charge in [0.2, 0.25) is 0 Å². The fourth-order valence-corrected chi connectivity index (χ4v) is 3.02. The molecule has 4 N–H and O–H groups in total. The molecule has 4 rings (SSSR count). The molecule has 0 aliphatic rings. The summed E-state index contributed by atoms with van der Waals surface area (Å²) in [4.78, 5) is 20.5. The number of aryl methyl sites for hydroxylation is 1. The number of hydrogen-bond donors (Lipinski definition) is 3. The van der Waals surface area contributed by atoms with Gasteiger partial charge in [-0.25, -0.2) is 19.0 Å². The number of aliphatic hydroxyl groups is 1. The Morgan fingerprint density at radius 1 is 1.21 bits per heavy atom. The first-order valence-electron chi connectivity index (χ1n) is 8.74. The molecular formula is C20H17FN6O2. The number of nitrogen functional groups attached to an aromatic ring is 1. The van der Waals surface area contributed by atoms with Gasteiger partial charge >= 0.3 is 0 Å². The second-order valence-corrected chi connectivity index (χ2v) is 6.45. The second-order valence-electron chi connectivity index (χ2n) is 6.45. The van der Waals surface area contributed by atoms with Crippen molar-refractivity contribution in [2.45, 2.75) is 13.0 Å². The van der Waals surface area contributed by atoms with E-state index in [0.29, 0.717) is 33.9 Å². The van der Waals surface area contributed by atoms with Crippen LogP contribution in [0.3, 0.4) is 0 Å². The van der Waals surface area contributed by atoms with Crippen molar-refractivity contribution in [3.8, 4) is 5.69 Å².